The number of hydrogen-bond donors (Lipinski definition) is 0. The van der Waals surface area contributed by atoms with Crippen molar-refractivity contribution in [2.45, 2.75) is 40.5 Å². The van der Waals surface area contributed by atoms with Gasteiger partial charge in [0.05, 0.1) is 13.0 Å². The van der Waals surface area contributed by atoms with Gasteiger partial charge in [0.2, 0.25) is 0 Å². The Bertz CT molecular complexity index is 249. The predicted octanol–water partition coefficient (Wildman–Crippen LogP) is 3.49. The summed E-state index contributed by atoms with van der Waals surface area (Å²) in [4.78, 5) is 11.3. The van der Waals surface area contributed by atoms with Crippen molar-refractivity contribution in [1.29, 1.82) is 0 Å². The first-order chi connectivity index (χ1) is 6.91. The summed E-state index contributed by atoms with van der Waals surface area (Å²) in [5, 5.41) is 0. The number of carbonyl (C=O) groups is 1. The first-order valence-corrected chi connectivity index (χ1v) is 5.36. The van der Waals surface area contributed by atoms with Crippen molar-refractivity contribution in [1.82, 2.24) is 0 Å². The predicted molar refractivity (Wildman–Crippen MR) is 63.6 cm³/mol. The van der Waals surface area contributed by atoms with Crippen LogP contribution in [0.1, 0.15) is 40.5 Å². The number of ether oxygens (including phenoxy) is 1. The molecule has 0 rings (SSSR count). The van der Waals surface area contributed by atoms with Gasteiger partial charge in [0.15, 0.2) is 0 Å². The van der Waals surface area contributed by atoms with Crippen LogP contribution in [0.2, 0.25) is 0 Å². The Kier molecular flexibility index (Phi) is 5.99. The summed E-state index contributed by atoms with van der Waals surface area (Å²) < 4.78 is 4.93. The Labute approximate surface area is 93.0 Å². The van der Waals surface area contributed by atoms with Crippen LogP contribution in [0.15, 0.2) is 24.3 Å². The molecule has 0 N–H and O–H groups in total. The molecule has 0 aromatic carbocycles. The van der Waals surface area contributed by atoms with Crippen LogP contribution in [0.3, 0.4) is 0 Å². The maximum atomic E-state index is 11.3. The Morgan fingerprint density at radius 3 is 2.53 bits per heavy atom. The van der Waals surface area contributed by atoms with Crippen LogP contribution in [0.5, 0.6) is 0 Å². The van der Waals surface area contributed by atoms with Crippen molar-refractivity contribution in [2.24, 2.45) is 5.41 Å². The molecule has 2 heteroatoms. The summed E-state index contributed by atoms with van der Waals surface area (Å²) in [5.41, 5.74) is 1.10. The van der Waals surface area contributed by atoms with Crippen molar-refractivity contribution < 1.29 is 9.53 Å². The topological polar surface area (TPSA) is 26.3 Å². The second-order valence-electron chi connectivity index (χ2n) is 4.45. The summed E-state index contributed by atoms with van der Waals surface area (Å²) >= 11 is 0. The van der Waals surface area contributed by atoms with Crippen LogP contribution in [0, 0.1) is 5.41 Å². The quantitative estimate of drug-likeness (QED) is 0.495. The van der Waals surface area contributed by atoms with Gasteiger partial charge in [-0.25, -0.2) is 0 Å². The molecule has 0 saturated heterocycles. The lowest BCUT2D eigenvalue weighted by atomic mass is 9.87. The summed E-state index contributed by atoms with van der Waals surface area (Å²) in [6.45, 7) is 12.1. The minimum Gasteiger partial charge on any atom is -0.466 e. The zero-order valence-corrected chi connectivity index (χ0v) is 10.3. The average molecular weight is 210 g/mol. The van der Waals surface area contributed by atoms with Gasteiger partial charge in [0.25, 0.3) is 0 Å². The molecule has 0 bridgehead atoms. The van der Waals surface area contributed by atoms with Crippen LogP contribution >= 0.6 is 0 Å². The summed E-state index contributed by atoms with van der Waals surface area (Å²) in [7, 11) is 0. The van der Waals surface area contributed by atoms with Gasteiger partial charge in [-0.15, -0.1) is 6.58 Å². The molecule has 0 atom stereocenters. The molecule has 86 valence electrons. The average Bonchev–Trinajstić information content (AvgIpc) is 2.01. The molecule has 0 amide bonds. The molecule has 0 aromatic heterocycles. The van der Waals surface area contributed by atoms with E-state index in [9.17, 15) is 4.79 Å². The molecular formula is C13H22O2. The highest BCUT2D eigenvalue weighted by molar-refractivity contribution is 5.70. The molecule has 0 aliphatic carbocycles. The van der Waals surface area contributed by atoms with Gasteiger partial charge in [0.1, 0.15) is 0 Å². The molecule has 0 aliphatic heterocycles. The molecule has 0 aliphatic rings. The number of hydrogen-bond acceptors (Lipinski definition) is 2. The largest absolute Gasteiger partial charge is 0.466 e. The van der Waals surface area contributed by atoms with Gasteiger partial charge < -0.3 is 4.74 Å². The second-order valence-corrected chi connectivity index (χ2v) is 4.45. The van der Waals surface area contributed by atoms with E-state index in [2.05, 4.69) is 19.6 Å². The van der Waals surface area contributed by atoms with Crippen molar-refractivity contribution in [3.63, 3.8) is 0 Å². The third-order valence-corrected chi connectivity index (χ3v) is 2.01. The zero-order chi connectivity index (χ0) is 11.9. The fourth-order valence-corrected chi connectivity index (χ4v) is 1.59. The lowest BCUT2D eigenvalue weighted by Crippen LogP contribution is -2.17. The van der Waals surface area contributed by atoms with E-state index in [4.69, 9.17) is 4.74 Å². The van der Waals surface area contributed by atoms with E-state index in [1.54, 1.807) is 0 Å². The number of allylic oxidation sites excluding steroid dienone is 3. The Hall–Kier alpha value is -1.05. The van der Waals surface area contributed by atoms with E-state index in [0.717, 1.165) is 6.42 Å². The number of rotatable bonds is 6. The maximum absolute atomic E-state index is 11.3. The smallest absolute Gasteiger partial charge is 0.306 e. The minimum absolute atomic E-state index is 0.134. The minimum atomic E-state index is -0.140. The molecule has 0 aromatic rings. The number of esters is 1. The lowest BCUT2D eigenvalue weighted by molar-refractivity contribution is -0.144. The fourth-order valence-electron chi connectivity index (χ4n) is 1.59. The fraction of sp³-hybridized carbons (Fsp3) is 0.615. The van der Waals surface area contributed by atoms with Gasteiger partial charge in [-0.3, -0.25) is 4.79 Å². The van der Waals surface area contributed by atoms with Crippen LogP contribution < -0.4 is 0 Å². The Morgan fingerprint density at radius 1 is 1.47 bits per heavy atom. The molecule has 15 heavy (non-hydrogen) atoms. The molecule has 0 fully saturated rings. The molecular weight excluding hydrogens is 188 g/mol. The molecule has 2 nitrogen and oxygen atoms in total. The molecule has 0 heterocycles. The lowest BCUT2D eigenvalue weighted by Gasteiger charge is -2.20. The van der Waals surface area contributed by atoms with Crippen molar-refractivity contribution >= 4 is 5.97 Å². The molecule has 0 spiro atoms. The number of carbonyl (C=O) groups excluding carboxylic acids is 1. The van der Waals surface area contributed by atoms with E-state index < -0.39 is 0 Å². The van der Waals surface area contributed by atoms with Crippen LogP contribution in [-0.2, 0) is 9.53 Å². The Balaban J connectivity index is 4.34. The third kappa shape index (κ3) is 6.95. The van der Waals surface area contributed by atoms with E-state index in [-0.39, 0.29) is 11.4 Å². The van der Waals surface area contributed by atoms with E-state index in [0.29, 0.717) is 13.0 Å². The van der Waals surface area contributed by atoms with Gasteiger partial charge in [-0.2, -0.15) is 0 Å². The highest BCUT2D eigenvalue weighted by Gasteiger charge is 2.20. The van der Waals surface area contributed by atoms with Crippen molar-refractivity contribution in [3.05, 3.63) is 24.3 Å². The molecule has 0 unspecified atom stereocenters. The Morgan fingerprint density at radius 2 is 2.07 bits per heavy atom. The summed E-state index contributed by atoms with van der Waals surface area (Å²) in [5.74, 6) is -0.134. The summed E-state index contributed by atoms with van der Waals surface area (Å²) in [6.07, 6.45) is 5.28. The standard InChI is InChI=1S/C13H22O2/c1-6-8-11(3)9-13(4,5)10-12(14)15-7-2/h6,9H,1,7-8,10H2,2-5H3/b11-9-. The maximum Gasteiger partial charge on any atom is 0.306 e. The van der Waals surface area contributed by atoms with Gasteiger partial charge >= 0.3 is 5.97 Å². The summed E-state index contributed by atoms with van der Waals surface area (Å²) in [6, 6.07) is 0. The van der Waals surface area contributed by atoms with E-state index in [1.165, 1.54) is 5.57 Å². The second kappa shape index (κ2) is 6.44. The third-order valence-electron chi connectivity index (χ3n) is 2.01. The highest BCUT2D eigenvalue weighted by atomic mass is 16.5. The highest BCUT2D eigenvalue weighted by Crippen LogP contribution is 2.25. The van der Waals surface area contributed by atoms with Crippen LogP contribution in [0.4, 0.5) is 0 Å². The van der Waals surface area contributed by atoms with Gasteiger partial charge in [-0.1, -0.05) is 31.6 Å². The normalized spacial score (nSPS) is 12.4. The SMILES string of the molecule is C=CC/C(C)=C\C(C)(C)CC(=O)OCC. The van der Waals surface area contributed by atoms with Crippen LogP contribution in [0.25, 0.3) is 0 Å². The van der Waals surface area contributed by atoms with Crippen molar-refractivity contribution in [2.75, 3.05) is 6.61 Å². The van der Waals surface area contributed by atoms with E-state index >= 15 is 0 Å². The monoisotopic (exact) mass is 210 g/mol. The first kappa shape index (κ1) is 13.9. The molecule has 0 radical (unpaired) electrons. The van der Waals surface area contributed by atoms with Crippen LogP contribution in [-0.4, -0.2) is 12.6 Å². The van der Waals surface area contributed by atoms with Gasteiger partial charge in [0, 0.05) is 0 Å². The van der Waals surface area contributed by atoms with Crippen molar-refractivity contribution in [3.8, 4) is 0 Å². The zero-order valence-electron chi connectivity index (χ0n) is 10.3. The van der Waals surface area contributed by atoms with Gasteiger partial charge in [-0.05, 0) is 25.7 Å². The van der Waals surface area contributed by atoms with E-state index in [1.807, 2.05) is 26.8 Å². The first-order valence-electron chi connectivity index (χ1n) is 5.36. The molecule has 0 saturated carbocycles.